The molecule has 7 heteroatoms. The van der Waals surface area contributed by atoms with E-state index in [2.05, 4.69) is 20.8 Å². The molecule has 1 fully saturated rings. The zero-order valence-corrected chi connectivity index (χ0v) is 11.3. The van der Waals surface area contributed by atoms with Crippen LogP contribution in [0.1, 0.15) is 37.1 Å². The van der Waals surface area contributed by atoms with Gasteiger partial charge >= 0.3 is 6.03 Å². The largest absolute Gasteiger partial charge is 0.382 e. The van der Waals surface area contributed by atoms with Crippen molar-refractivity contribution in [2.45, 2.75) is 32.1 Å². The van der Waals surface area contributed by atoms with E-state index < -0.39 is 0 Å². The minimum Gasteiger partial charge on any atom is -0.382 e. The molecule has 0 atom stereocenters. The zero-order chi connectivity index (χ0) is 12.8. The van der Waals surface area contributed by atoms with Gasteiger partial charge in [-0.15, -0.1) is 10.2 Å². The van der Waals surface area contributed by atoms with Crippen LogP contribution in [0.25, 0.3) is 0 Å². The highest BCUT2D eigenvalue weighted by Crippen LogP contribution is 2.41. The highest BCUT2D eigenvalue weighted by atomic mass is 32.1. The Morgan fingerprint density at radius 3 is 3.06 bits per heavy atom. The van der Waals surface area contributed by atoms with Crippen molar-refractivity contribution in [3.05, 3.63) is 5.01 Å². The fraction of sp³-hybridized carbons (Fsp3) is 0.727. The van der Waals surface area contributed by atoms with Gasteiger partial charge in [0.05, 0.1) is 0 Å². The smallest absolute Gasteiger partial charge is 0.321 e. The monoisotopic (exact) mass is 270 g/mol. The lowest BCUT2D eigenvalue weighted by atomic mass is 10.4. The van der Waals surface area contributed by atoms with E-state index in [1.165, 1.54) is 24.2 Å². The molecule has 1 heterocycles. The van der Waals surface area contributed by atoms with Crippen molar-refractivity contribution in [1.29, 1.82) is 0 Å². The summed E-state index contributed by atoms with van der Waals surface area (Å²) in [7, 11) is 0. The molecule has 6 nitrogen and oxygen atoms in total. The molecule has 1 aromatic heterocycles. The molecule has 1 aromatic rings. The van der Waals surface area contributed by atoms with Crippen LogP contribution in [0.3, 0.4) is 0 Å². The second kappa shape index (κ2) is 6.65. The third-order valence-corrected chi connectivity index (χ3v) is 3.54. The summed E-state index contributed by atoms with van der Waals surface area (Å²) in [4.78, 5) is 11.5. The zero-order valence-electron chi connectivity index (χ0n) is 10.4. The lowest BCUT2D eigenvalue weighted by molar-refractivity contribution is 0.145. The van der Waals surface area contributed by atoms with Crippen molar-refractivity contribution in [2.75, 3.05) is 25.1 Å². The van der Waals surface area contributed by atoms with Crippen LogP contribution in [0.5, 0.6) is 0 Å². The fourth-order valence-electron chi connectivity index (χ4n) is 1.44. The Balaban J connectivity index is 1.63. The summed E-state index contributed by atoms with van der Waals surface area (Å²) in [6.45, 7) is 3.93. The number of aromatic nitrogens is 2. The van der Waals surface area contributed by atoms with Gasteiger partial charge in [-0.05, 0) is 26.2 Å². The molecular formula is C11H18N4O2S. The number of anilines is 1. The van der Waals surface area contributed by atoms with E-state index in [9.17, 15) is 4.79 Å². The van der Waals surface area contributed by atoms with Gasteiger partial charge in [-0.1, -0.05) is 11.3 Å². The average molecular weight is 270 g/mol. The topological polar surface area (TPSA) is 76.1 Å². The predicted octanol–water partition coefficient (Wildman–Crippen LogP) is 1.96. The highest BCUT2D eigenvalue weighted by Gasteiger charge is 2.27. The number of hydrogen-bond donors (Lipinski definition) is 2. The van der Waals surface area contributed by atoms with E-state index >= 15 is 0 Å². The predicted molar refractivity (Wildman–Crippen MR) is 70.0 cm³/mol. The number of hydrogen-bond acceptors (Lipinski definition) is 5. The van der Waals surface area contributed by atoms with Crippen molar-refractivity contribution in [2.24, 2.45) is 0 Å². The number of ether oxygens (including phenoxy) is 1. The van der Waals surface area contributed by atoms with Crippen LogP contribution in [0.15, 0.2) is 0 Å². The Hall–Kier alpha value is -1.21. The number of carbonyl (C=O) groups is 1. The number of nitrogens with one attached hydrogen (secondary N) is 2. The maximum atomic E-state index is 11.5. The van der Waals surface area contributed by atoms with Gasteiger partial charge in [-0.3, -0.25) is 5.32 Å². The van der Waals surface area contributed by atoms with E-state index in [1.54, 1.807) is 0 Å². The van der Waals surface area contributed by atoms with Crippen LogP contribution in [0, 0.1) is 0 Å². The molecule has 1 aliphatic carbocycles. The van der Waals surface area contributed by atoms with Crippen LogP contribution < -0.4 is 10.6 Å². The Labute approximate surface area is 110 Å². The second-order valence-corrected chi connectivity index (χ2v) is 5.16. The maximum absolute atomic E-state index is 11.5. The van der Waals surface area contributed by atoms with Crippen molar-refractivity contribution in [1.82, 2.24) is 15.5 Å². The summed E-state index contributed by atoms with van der Waals surface area (Å²) >= 11 is 1.46. The first kappa shape index (κ1) is 13.2. The molecule has 18 heavy (non-hydrogen) atoms. The van der Waals surface area contributed by atoms with E-state index in [1.807, 2.05) is 6.92 Å². The molecule has 2 rings (SSSR count). The van der Waals surface area contributed by atoms with Crippen molar-refractivity contribution >= 4 is 22.5 Å². The third kappa shape index (κ3) is 4.23. The first-order chi connectivity index (χ1) is 8.79. The van der Waals surface area contributed by atoms with E-state index in [4.69, 9.17) is 4.74 Å². The van der Waals surface area contributed by atoms with Crippen LogP contribution in [0.4, 0.5) is 9.93 Å². The molecule has 100 valence electrons. The quantitative estimate of drug-likeness (QED) is 0.743. The molecule has 0 aromatic carbocycles. The molecule has 0 unspecified atom stereocenters. The first-order valence-corrected chi connectivity index (χ1v) is 7.07. The van der Waals surface area contributed by atoms with Gasteiger partial charge in [0.15, 0.2) is 0 Å². The number of nitrogens with zero attached hydrogens (tertiary/aromatic N) is 2. The van der Waals surface area contributed by atoms with E-state index in [0.717, 1.165) is 11.4 Å². The number of carbonyl (C=O) groups excluding carboxylic acids is 1. The SMILES string of the molecule is CCOCCCNC(=O)Nc1nnc(C2CC2)s1. The second-order valence-electron chi connectivity index (χ2n) is 4.15. The Morgan fingerprint density at radius 1 is 1.50 bits per heavy atom. The lowest BCUT2D eigenvalue weighted by Gasteiger charge is -2.04. The average Bonchev–Trinajstić information content (AvgIpc) is 3.11. The van der Waals surface area contributed by atoms with Crippen molar-refractivity contribution in [3.8, 4) is 0 Å². The van der Waals surface area contributed by atoms with E-state index in [-0.39, 0.29) is 6.03 Å². The van der Waals surface area contributed by atoms with Gasteiger partial charge in [0.1, 0.15) is 5.01 Å². The Bertz CT molecular complexity index is 392. The van der Waals surface area contributed by atoms with Gasteiger partial charge in [0.2, 0.25) is 5.13 Å². The molecule has 1 aliphatic rings. The standard InChI is InChI=1S/C11H18N4O2S/c1-2-17-7-3-6-12-10(16)13-11-15-14-9(18-11)8-4-5-8/h8H,2-7H2,1H3,(H2,12,13,15,16). The summed E-state index contributed by atoms with van der Waals surface area (Å²) < 4.78 is 5.18. The summed E-state index contributed by atoms with van der Waals surface area (Å²) in [5, 5.41) is 15.0. The summed E-state index contributed by atoms with van der Waals surface area (Å²) in [6.07, 6.45) is 3.20. The first-order valence-electron chi connectivity index (χ1n) is 6.25. The van der Waals surface area contributed by atoms with Gasteiger partial charge < -0.3 is 10.1 Å². The summed E-state index contributed by atoms with van der Waals surface area (Å²) in [5.41, 5.74) is 0. The number of urea groups is 1. The van der Waals surface area contributed by atoms with Crippen LogP contribution in [-0.2, 0) is 4.74 Å². The van der Waals surface area contributed by atoms with Crippen LogP contribution in [-0.4, -0.2) is 36.0 Å². The molecule has 0 aliphatic heterocycles. The lowest BCUT2D eigenvalue weighted by Crippen LogP contribution is -2.30. The van der Waals surface area contributed by atoms with Gasteiger partial charge in [-0.25, -0.2) is 4.79 Å². The Morgan fingerprint density at radius 2 is 2.33 bits per heavy atom. The summed E-state index contributed by atoms with van der Waals surface area (Å²) in [6, 6.07) is -0.231. The fourth-order valence-corrected chi connectivity index (χ4v) is 2.35. The molecule has 0 spiro atoms. The third-order valence-electron chi connectivity index (χ3n) is 2.54. The molecule has 2 N–H and O–H groups in total. The molecule has 1 saturated carbocycles. The highest BCUT2D eigenvalue weighted by molar-refractivity contribution is 7.15. The molecule has 0 saturated heterocycles. The van der Waals surface area contributed by atoms with Crippen LogP contribution >= 0.6 is 11.3 Å². The minimum absolute atomic E-state index is 0.231. The Kier molecular flexibility index (Phi) is 4.89. The van der Waals surface area contributed by atoms with Crippen LogP contribution in [0.2, 0.25) is 0 Å². The normalized spacial score (nSPS) is 14.5. The van der Waals surface area contributed by atoms with Crippen molar-refractivity contribution in [3.63, 3.8) is 0 Å². The summed E-state index contributed by atoms with van der Waals surface area (Å²) in [5.74, 6) is 0.576. The van der Waals surface area contributed by atoms with Crippen molar-refractivity contribution < 1.29 is 9.53 Å². The molecule has 0 radical (unpaired) electrons. The van der Waals surface area contributed by atoms with E-state index in [0.29, 0.717) is 30.8 Å². The van der Waals surface area contributed by atoms with Gasteiger partial charge in [0, 0.05) is 25.7 Å². The molecule has 0 bridgehead atoms. The number of amides is 2. The number of rotatable bonds is 7. The minimum atomic E-state index is -0.231. The van der Waals surface area contributed by atoms with Gasteiger partial charge in [0.25, 0.3) is 0 Å². The van der Waals surface area contributed by atoms with Gasteiger partial charge in [-0.2, -0.15) is 0 Å². The molecular weight excluding hydrogens is 252 g/mol. The molecule has 2 amide bonds. The maximum Gasteiger partial charge on any atom is 0.321 e.